The molecule has 25 heavy (non-hydrogen) atoms. The van der Waals surface area contributed by atoms with Crippen LogP contribution in [0.3, 0.4) is 0 Å². The van der Waals surface area contributed by atoms with Crippen LogP contribution in [0.1, 0.15) is 37.7 Å². The van der Waals surface area contributed by atoms with Crippen molar-refractivity contribution in [3.63, 3.8) is 0 Å². The van der Waals surface area contributed by atoms with Gasteiger partial charge < -0.3 is 14.4 Å². The van der Waals surface area contributed by atoms with E-state index in [4.69, 9.17) is 9.47 Å². The maximum Gasteiger partial charge on any atom is 0.107 e. The number of piperidine rings is 2. The number of rotatable bonds is 4. The fraction of sp³-hybridized carbons (Fsp3) is 0.714. The second-order valence-electron chi connectivity index (χ2n) is 8.10. The van der Waals surface area contributed by atoms with Crippen LogP contribution in [-0.2, 0) is 16.1 Å². The van der Waals surface area contributed by atoms with Gasteiger partial charge in [0, 0.05) is 25.7 Å². The van der Waals surface area contributed by atoms with Crippen molar-refractivity contribution < 1.29 is 9.47 Å². The highest BCUT2D eigenvalue weighted by Gasteiger charge is 2.48. The molecule has 0 bridgehead atoms. The molecule has 1 aromatic carbocycles. The Balaban J connectivity index is 1.40. The molecule has 1 spiro atoms. The lowest BCUT2D eigenvalue weighted by Gasteiger charge is -2.49. The third-order valence-corrected chi connectivity index (χ3v) is 6.37. The van der Waals surface area contributed by atoms with Gasteiger partial charge in [0.15, 0.2) is 0 Å². The molecule has 3 aliphatic heterocycles. The van der Waals surface area contributed by atoms with E-state index in [9.17, 15) is 0 Å². The first kappa shape index (κ1) is 17.5. The summed E-state index contributed by atoms with van der Waals surface area (Å²) in [5.41, 5.74) is 1.18. The van der Waals surface area contributed by atoms with E-state index in [1.165, 1.54) is 37.9 Å². The molecule has 3 heterocycles. The first-order valence-corrected chi connectivity index (χ1v) is 9.97. The van der Waals surface area contributed by atoms with E-state index in [0.717, 1.165) is 38.6 Å². The molecule has 0 aliphatic carbocycles. The highest BCUT2D eigenvalue weighted by atomic mass is 16.6. The Bertz CT molecular complexity index is 536. The summed E-state index contributed by atoms with van der Waals surface area (Å²) in [6.45, 7) is 6.25. The van der Waals surface area contributed by atoms with Crippen LogP contribution < -0.4 is 0 Å². The van der Waals surface area contributed by atoms with E-state index >= 15 is 0 Å². The zero-order chi connectivity index (χ0) is 17.1. The van der Waals surface area contributed by atoms with E-state index < -0.39 is 0 Å². The predicted molar refractivity (Wildman–Crippen MR) is 99.6 cm³/mol. The zero-order valence-corrected chi connectivity index (χ0v) is 15.5. The molecular weight excluding hydrogens is 312 g/mol. The summed E-state index contributed by atoms with van der Waals surface area (Å²) in [5, 5.41) is 0. The van der Waals surface area contributed by atoms with Gasteiger partial charge in [-0.1, -0.05) is 30.3 Å². The molecule has 0 N–H and O–H groups in total. The number of ether oxygens (including phenoxy) is 2. The largest absolute Gasteiger partial charge is 0.371 e. The van der Waals surface area contributed by atoms with Crippen LogP contribution >= 0.6 is 0 Å². The van der Waals surface area contributed by atoms with Crippen LogP contribution in [0.5, 0.6) is 0 Å². The third-order valence-electron chi connectivity index (χ3n) is 6.37. The lowest BCUT2D eigenvalue weighted by atomic mass is 9.85. The first-order valence-electron chi connectivity index (χ1n) is 9.97. The smallest absolute Gasteiger partial charge is 0.107 e. The zero-order valence-electron chi connectivity index (χ0n) is 15.5. The van der Waals surface area contributed by atoms with Gasteiger partial charge in [0.05, 0.1) is 12.7 Å². The summed E-state index contributed by atoms with van der Waals surface area (Å²) in [4.78, 5) is 5.16. The highest BCUT2D eigenvalue weighted by molar-refractivity contribution is 5.13. The summed E-state index contributed by atoms with van der Waals surface area (Å²) in [6.07, 6.45) is 6.24. The molecule has 4 heteroatoms. The minimum atomic E-state index is -0.0730. The first-order chi connectivity index (χ1) is 12.3. The van der Waals surface area contributed by atoms with Gasteiger partial charge in [-0.25, -0.2) is 0 Å². The highest BCUT2D eigenvalue weighted by Crippen LogP contribution is 2.38. The average molecular weight is 344 g/mol. The quantitative estimate of drug-likeness (QED) is 0.838. The number of likely N-dealkylation sites (tertiary alicyclic amines) is 2. The number of benzene rings is 1. The van der Waals surface area contributed by atoms with Crippen LogP contribution in [0.2, 0.25) is 0 Å². The van der Waals surface area contributed by atoms with Crippen molar-refractivity contribution in [2.75, 3.05) is 39.8 Å². The van der Waals surface area contributed by atoms with Crippen LogP contribution in [0.25, 0.3) is 0 Å². The van der Waals surface area contributed by atoms with Gasteiger partial charge in [0.1, 0.15) is 5.60 Å². The minimum absolute atomic E-state index is 0.0730. The van der Waals surface area contributed by atoms with Crippen molar-refractivity contribution in [2.24, 2.45) is 0 Å². The maximum absolute atomic E-state index is 6.40. The summed E-state index contributed by atoms with van der Waals surface area (Å²) < 4.78 is 12.7. The number of hydrogen-bond acceptors (Lipinski definition) is 4. The molecule has 0 radical (unpaired) electrons. The van der Waals surface area contributed by atoms with Gasteiger partial charge in [0.25, 0.3) is 0 Å². The normalized spacial score (nSPS) is 32.4. The Kier molecular flexibility index (Phi) is 5.41. The standard InChI is InChI=1S/C21H32N2O2/c1-22-12-8-19(9-13-22)23-14-10-20(21(17-23)11-5-15-25-21)24-16-18-6-3-2-4-7-18/h2-4,6-7,19-20H,5,8-17H2,1H3/t20-,21-/m0/s1. The Morgan fingerprint density at radius 2 is 1.92 bits per heavy atom. The van der Waals surface area contributed by atoms with Crippen LogP contribution in [0.15, 0.2) is 30.3 Å². The van der Waals surface area contributed by atoms with Crippen LogP contribution in [0, 0.1) is 0 Å². The monoisotopic (exact) mass is 344 g/mol. The summed E-state index contributed by atoms with van der Waals surface area (Å²) in [6, 6.07) is 11.3. The van der Waals surface area contributed by atoms with Crippen molar-refractivity contribution in [1.82, 2.24) is 9.80 Å². The molecule has 3 saturated heterocycles. The molecule has 0 aromatic heterocycles. The molecule has 4 rings (SSSR count). The van der Waals surface area contributed by atoms with E-state index in [0.29, 0.717) is 6.61 Å². The summed E-state index contributed by atoms with van der Waals surface area (Å²) >= 11 is 0. The molecule has 2 atom stereocenters. The van der Waals surface area contributed by atoms with E-state index in [1.807, 2.05) is 0 Å². The molecule has 3 aliphatic rings. The second-order valence-corrected chi connectivity index (χ2v) is 8.10. The lowest BCUT2D eigenvalue weighted by molar-refractivity contribution is -0.166. The maximum atomic E-state index is 6.40. The van der Waals surface area contributed by atoms with Gasteiger partial charge in [-0.15, -0.1) is 0 Å². The van der Waals surface area contributed by atoms with Gasteiger partial charge in [-0.05, 0) is 57.8 Å². The van der Waals surface area contributed by atoms with E-state index in [1.54, 1.807) is 0 Å². The Hall–Kier alpha value is -0.940. The molecule has 0 amide bonds. The predicted octanol–water partition coefficient (Wildman–Crippen LogP) is 2.92. The van der Waals surface area contributed by atoms with Crippen molar-refractivity contribution in [2.45, 2.75) is 56.5 Å². The molecule has 3 fully saturated rings. The van der Waals surface area contributed by atoms with E-state index in [-0.39, 0.29) is 11.7 Å². The third kappa shape index (κ3) is 3.92. The topological polar surface area (TPSA) is 24.9 Å². The van der Waals surface area contributed by atoms with Crippen molar-refractivity contribution >= 4 is 0 Å². The lowest BCUT2D eigenvalue weighted by Crippen LogP contribution is -2.60. The van der Waals surface area contributed by atoms with Crippen molar-refractivity contribution in [3.05, 3.63) is 35.9 Å². The van der Waals surface area contributed by atoms with Crippen molar-refractivity contribution in [1.29, 1.82) is 0 Å². The average Bonchev–Trinajstić information content (AvgIpc) is 3.11. The Morgan fingerprint density at radius 1 is 1.12 bits per heavy atom. The minimum Gasteiger partial charge on any atom is -0.371 e. The molecular formula is C21H32N2O2. The summed E-state index contributed by atoms with van der Waals surface area (Å²) in [7, 11) is 2.24. The van der Waals surface area contributed by atoms with Gasteiger partial charge >= 0.3 is 0 Å². The summed E-state index contributed by atoms with van der Waals surface area (Å²) in [5.74, 6) is 0. The number of nitrogens with zero attached hydrogens (tertiary/aromatic N) is 2. The van der Waals surface area contributed by atoms with Crippen LogP contribution in [0.4, 0.5) is 0 Å². The van der Waals surface area contributed by atoms with Gasteiger partial charge in [-0.3, -0.25) is 4.90 Å². The van der Waals surface area contributed by atoms with Crippen LogP contribution in [-0.4, -0.2) is 67.4 Å². The van der Waals surface area contributed by atoms with Crippen molar-refractivity contribution in [3.8, 4) is 0 Å². The SMILES string of the molecule is CN1CCC(N2CC[C@H](OCc3ccccc3)[C@]3(CCCO3)C2)CC1. The molecule has 1 aromatic rings. The van der Waals surface area contributed by atoms with Gasteiger partial charge in [-0.2, -0.15) is 0 Å². The molecule has 0 unspecified atom stereocenters. The second kappa shape index (κ2) is 7.75. The molecule has 4 nitrogen and oxygen atoms in total. The fourth-order valence-electron chi connectivity index (χ4n) is 4.85. The Labute approximate surface area is 152 Å². The molecule has 0 saturated carbocycles. The number of hydrogen-bond donors (Lipinski definition) is 0. The van der Waals surface area contributed by atoms with Gasteiger partial charge in [0.2, 0.25) is 0 Å². The van der Waals surface area contributed by atoms with E-state index in [2.05, 4.69) is 47.2 Å². The molecule has 138 valence electrons. The fourth-order valence-corrected chi connectivity index (χ4v) is 4.85. The Morgan fingerprint density at radius 3 is 2.64 bits per heavy atom.